The summed E-state index contributed by atoms with van der Waals surface area (Å²) >= 11 is 1.21. The minimum absolute atomic E-state index is 0.0929. The summed E-state index contributed by atoms with van der Waals surface area (Å²) in [4.78, 5) is 14.6. The second-order valence-corrected chi connectivity index (χ2v) is 3.66. The molecule has 1 aromatic heterocycles. The summed E-state index contributed by atoms with van der Waals surface area (Å²) < 4.78 is 1.84. The lowest BCUT2D eigenvalue weighted by Crippen LogP contribution is -1.82. The Bertz CT molecular complexity index is 359. The smallest absolute Gasteiger partial charge is 0.186 e. The highest BCUT2D eigenvalue weighted by Gasteiger charge is 1.90. The molecule has 1 rings (SSSR count). The van der Waals surface area contributed by atoms with Gasteiger partial charge in [-0.25, -0.2) is 4.98 Å². The molecule has 0 N–H and O–H groups in total. The molecule has 0 radical (unpaired) electrons. The predicted octanol–water partition coefficient (Wildman–Crippen LogP) is 1.05. The molecule has 0 aliphatic rings. The van der Waals surface area contributed by atoms with Crippen molar-refractivity contribution >= 4 is 16.9 Å². The van der Waals surface area contributed by atoms with E-state index in [1.54, 1.807) is 6.33 Å². The Kier molecular flexibility index (Phi) is 3.59. The first-order valence-electron chi connectivity index (χ1n) is 3.78. The van der Waals surface area contributed by atoms with Gasteiger partial charge in [-0.3, -0.25) is 4.79 Å². The SMILES string of the molecule is CC(=O)SCC#Cc1cn(C)cn1. The van der Waals surface area contributed by atoms with Crippen LogP contribution in [0.2, 0.25) is 0 Å². The molecule has 68 valence electrons. The molecule has 0 unspecified atom stereocenters. The summed E-state index contributed by atoms with van der Waals surface area (Å²) in [5.74, 6) is 6.26. The van der Waals surface area contributed by atoms with Crippen LogP contribution in [0.15, 0.2) is 12.5 Å². The summed E-state index contributed by atoms with van der Waals surface area (Å²) in [5, 5.41) is 0.0929. The second-order valence-electron chi connectivity index (χ2n) is 2.51. The molecule has 0 aliphatic carbocycles. The predicted molar refractivity (Wildman–Crippen MR) is 53.2 cm³/mol. The van der Waals surface area contributed by atoms with Crippen molar-refractivity contribution in [3.63, 3.8) is 0 Å². The van der Waals surface area contributed by atoms with E-state index in [1.165, 1.54) is 18.7 Å². The average Bonchev–Trinajstić information content (AvgIpc) is 2.45. The van der Waals surface area contributed by atoms with E-state index in [-0.39, 0.29) is 5.12 Å². The van der Waals surface area contributed by atoms with Crippen molar-refractivity contribution in [3.05, 3.63) is 18.2 Å². The van der Waals surface area contributed by atoms with Gasteiger partial charge in [-0.1, -0.05) is 17.7 Å². The Morgan fingerprint density at radius 2 is 2.54 bits per heavy atom. The summed E-state index contributed by atoms with van der Waals surface area (Å²) in [6.45, 7) is 1.53. The van der Waals surface area contributed by atoms with Gasteiger partial charge in [-0.05, 0) is 5.92 Å². The van der Waals surface area contributed by atoms with Crippen LogP contribution in [0, 0.1) is 11.8 Å². The highest BCUT2D eigenvalue weighted by molar-refractivity contribution is 8.13. The number of hydrogen-bond donors (Lipinski definition) is 0. The zero-order valence-corrected chi connectivity index (χ0v) is 8.39. The number of carbonyl (C=O) groups excluding carboxylic acids is 1. The van der Waals surface area contributed by atoms with Gasteiger partial charge in [0.15, 0.2) is 5.12 Å². The van der Waals surface area contributed by atoms with E-state index in [4.69, 9.17) is 0 Å². The number of hydrogen-bond acceptors (Lipinski definition) is 3. The molecule has 0 spiro atoms. The molecule has 0 aromatic carbocycles. The maximum atomic E-state index is 10.5. The van der Waals surface area contributed by atoms with Gasteiger partial charge in [0.05, 0.1) is 12.1 Å². The zero-order chi connectivity index (χ0) is 9.68. The third-order valence-electron chi connectivity index (χ3n) is 1.27. The number of carbonyl (C=O) groups is 1. The Morgan fingerprint density at radius 1 is 1.77 bits per heavy atom. The maximum Gasteiger partial charge on any atom is 0.186 e. The molecule has 0 bridgehead atoms. The minimum atomic E-state index is 0.0929. The van der Waals surface area contributed by atoms with Gasteiger partial charge in [0, 0.05) is 20.2 Å². The van der Waals surface area contributed by atoms with Crippen LogP contribution >= 0.6 is 11.8 Å². The largest absolute Gasteiger partial charge is 0.339 e. The first kappa shape index (κ1) is 9.87. The van der Waals surface area contributed by atoms with Crippen molar-refractivity contribution in [2.45, 2.75) is 6.92 Å². The van der Waals surface area contributed by atoms with E-state index in [1.807, 2.05) is 17.8 Å². The van der Waals surface area contributed by atoms with Gasteiger partial charge in [0.1, 0.15) is 5.69 Å². The number of rotatable bonds is 1. The summed E-state index contributed by atoms with van der Waals surface area (Å²) in [6.07, 6.45) is 3.54. The summed E-state index contributed by atoms with van der Waals surface area (Å²) in [6, 6.07) is 0. The van der Waals surface area contributed by atoms with Crippen molar-refractivity contribution in [1.82, 2.24) is 9.55 Å². The molecule has 0 amide bonds. The van der Waals surface area contributed by atoms with Gasteiger partial charge >= 0.3 is 0 Å². The highest BCUT2D eigenvalue weighted by Crippen LogP contribution is 1.98. The second kappa shape index (κ2) is 4.73. The lowest BCUT2D eigenvalue weighted by atomic mass is 10.5. The van der Waals surface area contributed by atoms with Crippen molar-refractivity contribution in [2.24, 2.45) is 7.05 Å². The molecular formula is C9H10N2OS. The lowest BCUT2D eigenvalue weighted by molar-refractivity contribution is -0.109. The first-order chi connectivity index (χ1) is 6.18. The van der Waals surface area contributed by atoms with Crippen LogP contribution in [0.4, 0.5) is 0 Å². The molecule has 1 heterocycles. The Balaban J connectivity index is 2.44. The van der Waals surface area contributed by atoms with E-state index < -0.39 is 0 Å². The normalized spacial score (nSPS) is 9.08. The van der Waals surface area contributed by atoms with E-state index in [9.17, 15) is 4.79 Å². The number of imidazole rings is 1. The van der Waals surface area contributed by atoms with Crippen molar-refractivity contribution in [3.8, 4) is 11.8 Å². The van der Waals surface area contributed by atoms with Crippen LogP contribution in [0.3, 0.4) is 0 Å². The van der Waals surface area contributed by atoms with Crippen LogP contribution < -0.4 is 0 Å². The maximum absolute atomic E-state index is 10.5. The van der Waals surface area contributed by atoms with E-state index >= 15 is 0 Å². The number of aromatic nitrogens is 2. The molecule has 0 aliphatic heterocycles. The molecule has 0 saturated heterocycles. The fraction of sp³-hybridized carbons (Fsp3) is 0.333. The number of nitrogens with zero attached hydrogens (tertiary/aromatic N) is 2. The molecule has 0 saturated carbocycles. The third kappa shape index (κ3) is 3.81. The Hall–Kier alpha value is -1.21. The lowest BCUT2D eigenvalue weighted by Gasteiger charge is -1.83. The molecule has 3 nitrogen and oxygen atoms in total. The van der Waals surface area contributed by atoms with E-state index in [0.29, 0.717) is 5.75 Å². The topological polar surface area (TPSA) is 34.9 Å². The van der Waals surface area contributed by atoms with Crippen molar-refractivity contribution in [1.29, 1.82) is 0 Å². The summed E-state index contributed by atoms with van der Waals surface area (Å²) in [5.41, 5.74) is 0.742. The number of aryl methyl sites for hydroxylation is 1. The minimum Gasteiger partial charge on any atom is -0.339 e. The summed E-state index contributed by atoms with van der Waals surface area (Å²) in [7, 11) is 1.89. The fourth-order valence-electron chi connectivity index (χ4n) is 0.742. The van der Waals surface area contributed by atoms with Gasteiger partial charge in [0.2, 0.25) is 0 Å². The Labute approximate surface area is 81.5 Å². The molecule has 1 aromatic rings. The van der Waals surface area contributed by atoms with Crippen LogP contribution in [0.5, 0.6) is 0 Å². The molecule has 13 heavy (non-hydrogen) atoms. The standard InChI is InChI=1S/C9H10N2OS/c1-8(12)13-5-3-4-9-6-11(2)7-10-9/h6-7H,5H2,1-2H3. The van der Waals surface area contributed by atoms with Crippen LogP contribution in [0.1, 0.15) is 12.6 Å². The molecular weight excluding hydrogens is 184 g/mol. The highest BCUT2D eigenvalue weighted by atomic mass is 32.2. The number of thioether (sulfide) groups is 1. The van der Waals surface area contributed by atoms with Gasteiger partial charge in [-0.15, -0.1) is 0 Å². The average molecular weight is 194 g/mol. The molecule has 0 atom stereocenters. The molecule has 4 heteroatoms. The monoisotopic (exact) mass is 194 g/mol. The quantitative estimate of drug-likeness (QED) is 0.627. The van der Waals surface area contributed by atoms with Gasteiger partial charge in [0.25, 0.3) is 0 Å². The van der Waals surface area contributed by atoms with Crippen molar-refractivity contribution < 1.29 is 4.79 Å². The van der Waals surface area contributed by atoms with Gasteiger partial charge in [-0.2, -0.15) is 0 Å². The first-order valence-corrected chi connectivity index (χ1v) is 4.77. The fourth-order valence-corrected chi connectivity index (χ4v) is 1.09. The van der Waals surface area contributed by atoms with Crippen molar-refractivity contribution in [2.75, 3.05) is 5.75 Å². The van der Waals surface area contributed by atoms with Crippen LogP contribution in [-0.4, -0.2) is 20.4 Å². The zero-order valence-electron chi connectivity index (χ0n) is 7.57. The van der Waals surface area contributed by atoms with E-state index in [2.05, 4.69) is 16.8 Å². The van der Waals surface area contributed by atoms with Crippen LogP contribution in [-0.2, 0) is 11.8 Å². The Morgan fingerprint density at radius 3 is 3.08 bits per heavy atom. The molecule has 0 fully saturated rings. The van der Waals surface area contributed by atoms with Gasteiger partial charge < -0.3 is 4.57 Å². The van der Waals surface area contributed by atoms with Crippen LogP contribution in [0.25, 0.3) is 0 Å². The third-order valence-corrected chi connectivity index (χ3v) is 1.96. The van der Waals surface area contributed by atoms with E-state index in [0.717, 1.165) is 5.69 Å².